The maximum absolute atomic E-state index is 14.0. The minimum Gasteiger partial charge on any atom is -0.480 e. The normalized spacial score (nSPS) is 17.6. The molecule has 0 saturated heterocycles. The molecule has 34 heavy (non-hydrogen) atoms. The molecular weight excluding hydrogens is 452 g/mol. The highest BCUT2D eigenvalue weighted by atomic mass is 19.2. The van der Waals surface area contributed by atoms with Crippen LogP contribution in [0.1, 0.15) is 54.3 Å². The maximum Gasteiger partial charge on any atom is 0.260 e. The number of aromatic nitrogens is 3. The molecule has 1 aliphatic heterocycles. The number of hydrogen-bond acceptors (Lipinski definition) is 4. The lowest BCUT2D eigenvalue weighted by molar-refractivity contribution is 0.0508. The summed E-state index contributed by atoms with van der Waals surface area (Å²) in [6.45, 7) is 3.80. The van der Waals surface area contributed by atoms with Crippen molar-refractivity contribution in [3.8, 4) is 17.1 Å². The van der Waals surface area contributed by atoms with Crippen LogP contribution in [0.2, 0.25) is 0 Å². The molecule has 1 aliphatic rings. The van der Waals surface area contributed by atoms with Gasteiger partial charge in [0.2, 0.25) is 5.88 Å². The second-order valence-electron chi connectivity index (χ2n) is 8.20. The van der Waals surface area contributed by atoms with Crippen LogP contribution in [0.5, 0.6) is 5.88 Å². The van der Waals surface area contributed by atoms with Crippen molar-refractivity contribution < 1.29 is 27.1 Å². The van der Waals surface area contributed by atoms with Gasteiger partial charge in [0.25, 0.3) is 5.91 Å². The molecule has 1 aromatic carbocycles. The Balaban J connectivity index is 1.85. The molecule has 0 aliphatic carbocycles. The highest BCUT2D eigenvalue weighted by molar-refractivity contribution is 5.97. The van der Waals surface area contributed by atoms with Crippen molar-refractivity contribution in [2.24, 2.45) is 7.05 Å². The van der Waals surface area contributed by atoms with Crippen molar-refractivity contribution >= 4 is 5.91 Å². The van der Waals surface area contributed by atoms with E-state index >= 15 is 0 Å². The number of carbonyl (C=O) groups is 1. The van der Waals surface area contributed by atoms with E-state index in [0.717, 1.165) is 30.0 Å². The standard InChI is InChI=1S/C24H24F4N4O2/c1-5-14-10-15-21(30-31(3)22(15)12-7-17(26)20(28)18(27)8-12)19(6-2)32(14)24(33)16-9-13(25)11-29-23(16)34-4/h7-9,11,14,19H,5-6,10H2,1-4H3/t14?,19-/m0/s1. The molecule has 0 N–H and O–H groups in total. The highest BCUT2D eigenvalue weighted by Crippen LogP contribution is 2.42. The fourth-order valence-electron chi connectivity index (χ4n) is 4.75. The van der Waals surface area contributed by atoms with Crippen molar-refractivity contribution in [1.82, 2.24) is 19.7 Å². The summed E-state index contributed by atoms with van der Waals surface area (Å²) in [4.78, 5) is 19.2. The van der Waals surface area contributed by atoms with Crippen molar-refractivity contribution in [1.29, 1.82) is 0 Å². The summed E-state index contributed by atoms with van der Waals surface area (Å²) in [6.07, 6.45) is 2.38. The fraction of sp³-hybridized carbons (Fsp3) is 0.375. The number of aryl methyl sites for hydroxylation is 1. The summed E-state index contributed by atoms with van der Waals surface area (Å²) >= 11 is 0. The molecule has 2 aromatic heterocycles. The van der Waals surface area contributed by atoms with Crippen LogP contribution in [0.25, 0.3) is 11.3 Å². The summed E-state index contributed by atoms with van der Waals surface area (Å²) in [5.41, 5.74) is 1.93. The average Bonchev–Trinajstić information content (AvgIpc) is 3.15. The van der Waals surface area contributed by atoms with E-state index in [9.17, 15) is 22.4 Å². The van der Waals surface area contributed by atoms with Crippen LogP contribution in [0.4, 0.5) is 17.6 Å². The molecule has 10 heteroatoms. The third kappa shape index (κ3) is 3.80. The summed E-state index contributed by atoms with van der Waals surface area (Å²) in [7, 11) is 2.98. The van der Waals surface area contributed by atoms with Crippen molar-refractivity contribution in [3.05, 3.63) is 64.5 Å². The SMILES string of the molecule is CCC1Cc2c(nn(C)c2-c2cc(F)c(F)c(F)c2)[C@H](CC)N1C(=O)c1cc(F)cnc1OC. The number of halogens is 4. The molecule has 0 saturated carbocycles. The second kappa shape index (κ2) is 9.08. The van der Waals surface area contributed by atoms with E-state index in [2.05, 4.69) is 10.1 Å². The molecule has 0 fully saturated rings. The zero-order valence-electron chi connectivity index (χ0n) is 19.2. The Morgan fingerprint density at radius 3 is 2.38 bits per heavy atom. The number of hydrogen-bond donors (Lipinski definition) is 0. The Kier molecular flexibility index (Phi) is 6.33. The zero-order chi connectivity index (χ0) is 24.7. The van der Waals surface area contributed by atoms with E-state index in [1.807, 2.05) is 13.8 Å². The van der Waals surface area contributed by atoms with E-state index in [1.54, 1.807) is 11.9 Å². The molecule has 3 aromatic rings. The summed E-state index contributed by atoms with van der Waals surface area (Å²) in [5.74, 6) is -5.21. The Hall–Kier alpha value is -3.43. The average molecular weight is 476 g/mol. The van der Waals surface area contributed by atoms with Crippen molar-refractivity contribution in [3.63, 3.8) is 0 Å². The van der Waals surface area contributed by atoms with Gasteiger partial charge in [-0.15, -0.1) is 0 Å². The fourth-order valence-corrected chi connectivity index (χ4v) is 4.75. The molecule has 3 heterocycles. The van der Waals surface area contributed by atoms with Crippen molar-refractivity contribution in [2.45, 2.75) is 45.2 Å². The molecule has 6 nitrogen and oxygen atoms in total. The lowest BCUT2D eigenvalue weighted by Gasteiger charge is -2.41. The molecule has 0 radical (unpaired) electrons. The summed E-state index contributed by atoms with van der Waals surface area (Å²) in [6, 6.07) is 2.19. The van der Waals surface area contributed by atoms with Gasteiger partial charge in [0.1, 0.15) is 11.4 Å². The van der Waals surface area contributed by atoms with E-state index in [4.69, 9.17) is 4.74 Å². The third-order valence-electron chi connectivity index (χ3n) is 6.25. The third-order valence-corrected chi connectivity index (χ3v) is 6.25. The van der Waals surface area contributed by atoms with E-state index in [-0.39, 0.29) is 23.0 Å². The minimum atomic E-state index is -1.54. The smallest absolute Gasteiger partial charge is 0.260 e. The number of amides is 1. The van der Waals surface area contributed by atoms with E-state index < -0.39 is 35.2 Å². The van der Waals surface area contributed by atoms with E-state index in [1.165, 1.54) is 11.8 Å². The number of ether oxygens (including phenoxy) is 1. The minimum absolute atomic E-state index is 0.00156. The number of nitrogens with zero attached hydrogens (tertiary/aromatic N) is 4. The van der Waals surface area contributed by atoms with Gasteiger partial charge >= 0.3 is 0 Å². The van der Waals surface area contributed by atoms with Crippen LogP contribution in [0.15, 0.2) is 24.4 Å². The molecule has 0 spiro atoms. The Morgan fingerprint density at radius 1 is 1.12 bits per heavy atom. The Morgan fingerprint density at radius 2 is 1.79 bits per heavy atom. The molecular formula is C24H24F4N4O2. The van der Waals surface area contributed by atoms with Gasteiger partial charge in [-0.3, -0.25) is 9.48 Å². The molecule has 1 unspecified atom stereocenters. The first-order chi connectivity index (χ1) is 16.2. The zero-order valence-corrected chi connectivity index (χ0v) is 19.2. The molecule has 2 atom stereocenters. The van der Waals surface area contributed by atoms with Gasteiger partial charge in [-0.1, -0.05) is 13.8 Å². The van der Waals surface area contributed by atoms with Crippen molar-refractivity contribution in [2.75, 3.05) is 7.11 Å². The number of methoxy groups -OCH3 is 1. The summed E-state index contributed by atoms with van der Waals surface area (Å²) in [5, 5.41) is 4.58. The van der Waals surface area contributed by atoms with Gasteiger partial charge in [-0.25, -0.2) is 22.5 Å². The molecule has 0 bridgehead atoms. The Labute approximate surface area is 194 Å². The molecule has 4 rings (SSSR count). The van der Waals surface area contributed by atoms with Gasteiger partial charge < -0.3 is 9.64 Å². The highest BCUT2D eigenvalue weighted by Gasteiger charge is 2.41. The van der Waals surface area contributed by atoms with Crippen LogP contribution in [-0.2, 0) is 13.5 Å². The number of pyridine rings is 1. The van der Waals surface area contributed by atoms with Gasteiger partial charge in [0.05, 0.1) is 30.7 Å². The van der Waals surface area contributed by atoms with Gasteiger partial charge in [0.15, 0.2) is 17.5 Å². The lowest BCUT2D eigenvalue weighted by atomic mass is 9.87. The number of carbonyl (C=O) groups excluding carboxylic acids is 1. The number of rotatable bonds is 5. The quantitative estimate of drug-likeness (QED) is 0.385. The first kappa shape index (κ1) is 23.7. The summed E-state index contributed by atoms with van der Waals surface area (Å²) < 4.78 is 62.2. The molecule has 180 valence electrons. The lowest BCUT2D eigenvalue weighted by Crippen LogP contribution is -2.47. The number of benzene rings is 1. The van der Waals surface area contributed by atoms with Crippen LogP contribution in [0.3, 0.4) is 0 Å². The van der Waals surface area contributed by atoms with Gasteiger partial charge in [0, 0.05) is 24.2 Å². The first-order valence-corrected chi connectivity index (χ1v) is 10.9. The second-order valence-corrected chi connectivity index (χ2v) is 8.20. The largest absolute Gasteiger partial charge is 0.480 e. The number of fused-ring (bicyclic) bond motifs is 1. The van der Waals surface area contributed by atoms with Gasteiger partial charge in [-0.05, 0) is 37.5 Å². The molecule has 1 amide bonds. The van der Waals surface area contributed by atoms with Crippen LogP contribution in [-0.4, -0.2) is 38.7 Å². The predicted molar refractivity (Wildman–Crippen MR) is 116 cm³/mol. The maximum atomic E-state index is 14.0. The van der Waals surface area contributed by atoms with Crippen LogP contribution < -0.4 is 4.74 Å². The van der Waals surface area contributed by atoms with Gasteiger partial charge in [-0.2, -0.15) is 5.10 Å². The topological polar surface area (TPSA) is 60.2 Å². The Bertz CT molecular complexity index is 1240. The monoisotopic (exact) mass is 476 g/mol. The van der Waals surface area contributed by atoms with Crippen LogP contribution in [0, 0.1) is 23.3 Å². The van der Waals surface area contributed by atoms with Crippen LogP contribution >= 0.6 is 0 Å². The first-order valence-electron chi connectivity index (χ1n) is 10.9. The van der Waals surface area contributed by atoms with E-state index in [0.29, 0.717) is 30.7 Å². The predicted octanol–water partition coefficient (Wildman–Crippen LogP) is 4.98.